The molecule has 1 heterocycles. The van der Waals surface area contributed by atoms with Gasteiger partial charge < -0.3 is 0 Å². The zero-order valence-corrected chi connectivity index (χ0v) is 10.0. The maximum atomic E-state index is 13.4. The third kappa shape index (κ3) is 3.23. The summed E-state index contributed by atoms with van der Waals surface area (Å²) in [6.07, 6.45) is 0. The maximum absolute atomic E-state index is 13.4. The summed E-state index contributed by atoms with van der Waals surface area (Å²) < 4.78 is 48.5. The van der Waals surface area contributed by atoms with E-state index in [0.717, 1.165) is 6.07 Å². The number of hydrogen-bond donors (Lipinski definition) is 0. The molecule has 3 nitrogen and oxygen atoms in total. The van der Waals surface area contributed by atoms with Crippen molar-refractivity contribution in [3.63, 3.8) is 0 Å². The van der Waals surface area contributed by atoms with Gasteiger partial charge in [0.2, 0.25) is 0 Å². The molecule has 94 valence electrons. The first-order chi connectivity index (χ1) is 7.96. The third-order valence-corrected chi connectivity index (χ3v) is 4.46. The molecule has 0 spiro atoms. The predicted molar refractivity (Wildman–Crippen MR) is 60.3 cm³/mol. The highest BCUT2D eigenvalue weighted by molar-refractivity contribution is 7.91. The first-order valence-corrected chi connectivity index (χ1v) is 7.15. The third-order valence-electron chi connectivity index (χ3n) is 2.85. The van der Waals surface area contributed by atoms with Crippen LogP contribution in [0.4, 0.5) is 8.78 Å². The Hall–Kier alpha value is -1.01. The lowest BCUT2D eigenvalue weighted by molar-refractivity contribution is 0.283. The van der Waals surface area contributed by atoms with Gasteiger partial charge in [-0.2, -0.15) is 0 Å². The van der Waals surface area contributed by atoms with E-state index >= 15 is 0 Å². The molecule has 0 unspecified atom stereocenters. The van der Waals surface area contributed by atoms with Crippen LogP contribution in [0.3, 0.4) is 0 Å². The molecule has 6 heteroatoms. The minimum atomic E-state index is -2.92. The molecule has 0 aromatic heterocycles. The smallest absolute Gasteiger partial charge is 0.152 e. The van der Waals surface area contributed by atoms with Crippen molar-refractivity contribution in [2.45, 2.75) is 6.54 Å². The van der Waals surface area contributed by atoms with Crippen LogP contribution in [0.1, 0.15) is 5.56 Å². The van der Waals surface area contributed by atoms with Crippen molar-refractivity contribution in [1.29, 1.82) is 0 Å². The lowest BCUT2D eigenvalue weighted by Crippen LogP contribution is -2.39. The molecule has 17 heavy (non-hydrogen) atoms. The average Bonchev–Trinajstić information content (AvgIpc) is 2.25. The summed E-state index contributed by atoms with van der Waals surface area (Å²) in [7, 11) is -2.92. The molecule has 0 amide bonds. The molecule has 0 radical (unpaired) electrons. The Morgan fingerprint density at radius 2 is 1.82 bits per heavy atom. The Morgan fingerprint density at radius 3 is 2.41 bits per heavy atom. The second-order valence-electron chi connectivity index (χ2n) is 4.16. The molecule has 1 aliphatic heterocycles. The fourth-order valence-electron chi connectivity index (χ4n) is 1.80. The van der Waals surface area contributed by atoms with Crippen LogP contribution in [-0.4, -0.2) is 37.9 Å². The van der Waals surface area contributed by atoms with Gasteiger partial charge in [-0.3, -0.25) is 4.90 Å². The highest BCUT2D eigenvalue weighted by Crippen LogP contribution is 2.14. The molecule has 1 aromatic rings. The standard InChI is InChI=1S/C11H13F2NO2S/c12-10-2-1-9(11(13)7-10)8-14-3-5-17(15,16)6-4-14/h1-2,7H,3-6,8H2. The van der Waals surface area contributed by atoms with E-state index in [1.165, 1.54) is 12.1 Å². The van der Waals surface area contributed by atoms with Crippen molar-refractivity contribution >= 4 is 9.84 Å². The summed E-state index contributed by atoms with van der Waals surface area (Å²) in [6, 6.07) is 3.45. The average molecular weight is 261 g/mol. The van der Waals surface area contributed by atoms with Crippen molar-refractivity contribution in [3.05, 3.63) is 35.4 Å². The van der Waals surface area contributed by atoms with Crippen LogP contribution in [0.2, 0.25) is 0 Å². The summed E-state index contributed by atoms with van der Waals surface area (Å²) in [5.41, 5.74) is 0.394. The Balaban J connectivity index is 2.02. The highest BCUT2D eigenvalue weighted by Gasteiger charge is 2.22. The number of sulfone groups is 1. The van der Waals surface area contributed by atoms with E-state index in [4.69, 9.17) is 0 Å². The zero-order chi connectivity index (χ0) is 12.5. The molecule has 1 fully saturated rings. The van der Waals surface area contributed by atoms with E-state index < -0.39 is 21.5 Å². The predicted octanol–water partition coefficient (Wildman–Crippen LogP) is 1.20. The van der Waals surface area contributed by atoms with E-state index in [-0.39, 0.29) is 11.5 Å². The summed E-state index contributed by atoms with van der Waals surface area (Å²) in [5, 5.41) is 0. The van der Waals surface area contributed by atoms with Gasteiger partial charge in [-0.1, -0.05) is 6.07 Å². The summed E-state index contributed by atoms with van der Waals surface area (Å²) >= 11 is 0. The summed E-state index contributed by atoms with van der Waals surface area (Å²) in [5.74, 6) is -0.975. The summed E-state index contributed by atoms with van der Waals surface area (Å²) in [6.45, 7) is 1.12. The molecule has 0 aliphatic carbocycles. The molecule has 1 aromatic carbocycles. The molecule has 0 saturated carbocycles. The number of halogens is 2. The molecule has 1 saturated heterocycles. The SMILES string of the molecule is O=S1(=O)CCN(Cc2ccc(F)cc2F)CC1. The minimum Gasteiger partial charge on any atom is -0.297 e. The van der Waals surface area contributed by atoms with Gasteiger partial charge in [0.05, 0.1) is 11.5 Å². The zero-order valence-electron chi connectivity index (χ0n) is 9.20. The Morgan fingerprint density at radius 1 is 1.18 bits per heavy atom. The molecular weight excluding hydrogens is 248 g/mol. The largest absolute Gasteiger partial charge is 0.297 e. The van der Waals surface area contributed by atoms with Gasteiger partial charge in [-0.15, -0.1) is 0 Å². The van der Waals surface area contributed by atoms with Crippen LogP contribution in [0.15, 0.2) is 18.2 Å². The van der Waals surface area contributed by atoms with Crippen LogP contribution in [0.5, 0.6) is 0 Å². The van der Waals surface area contributed by atoms with E-state index in [9.17, 15) is 17.2 Å². The van der Waals surface area contributed by atoms with Crippen molar-refractivity contribution in [1.82, 2.24) is 4.90 Å². The van der Waals surface area contributed by atoms with E-state index in [0.29, 0.717) is 25.2 Å². The Kier molecular flexibility index (Phi) is 3.44. The first kappa shape index (κ1) is 12.4. The van der Waals surface area contributed by atoms with Crippen molar-refractivity contribution in [3.8, 4) is 0 Å². The van der Waals surface area contributed by atoms with Gasteiger partial charge in [0.25, 0.3) is 0 Å². The number of rotatable bonds is 2. The number of hydrogen-bond acceptors (Lipinski definition) is 3. The van der Waals surface area contributed by atoms with E-state index in [1.54, 1.807) is 0 Å². The van der Waals surface area contributed by atoms with Gasteiger partial charge in [0, 0.05) is 31.3 Å². The van der Waals surface area contributed by atoms with Crippen LogP contribution in [0, 0.1) is 11.6 Å². The fourth-order valence-corrected chi connectivity index (χ4v) is 3.08. The van der Waals surface area contributed by atoms with Gasteiger partial charge in [0.15, 0.2) is 9.84 Å². The van der Waals surface area contributed by atoms with Crippen LogP contribution in [0.25, 0.3) is 0 Å². The van der Waals surface area contributed by atoms with Gasteiger partial charge >= 0.3 is 0 Å². The second-order valence-corrected chi connectivity index (χ2v) is 6.47. The first-order valence-electron chi connectivity index (χ1n) is 5.33. The minimum absolute atomic E-state index is 0.107. The quantitative estimate of drug-likeness (QED) is 0.802. The fraction of sp³-hybridized carbons (Fsp3) is 0.455. The lowest BCUT2D eigenvalue weighted by Gasteiger charge is -2.26. The normalized spacial score (nSPS) is 20.4. The van der Waals surface area contributed by atoms with Crippen molar-refractivity contribution in [2.24, 2.45) is 0 Å². The van der Waals surface area contributed by atoms with Gasteiger partial charge in [-0.05, 0) is 6.07 Å². The van der Waals surface area contributed by atoms with Gasteiger partial charge in [-0.25, -0.2) is 17.2 Å². The van der Waals surface area contributed by atoms with Crippen molar-refractivity contribution < 1.29 is 17.2 Å². The van der Waals surface area contributed by atoms with Gasteiger partial charge in [0.1, 0.15) is 11.6 Å². The second kappa shape index (κ2) is 4.70. The highest BCUT2D eigenvalue weighted by atomic mass is 32.2. The summed E-state index contributed by atoms with van der Waals surface area (Å²) in [4.78, 5) is 1.86. The lowest BCUT2D eigenvalue weighted by atomic mass is 10.2. The Bertz CT molecular complexity index is 502. The van der Waals surface area contributed by atoms with Crippen LogP contribution >= 0.6 is 0 Å². The monoisotopic (exact) mass is 261 g/mol. The van der Waals surface area contributed by atoms with Crippen LogP contribution in [-0.2, 0) is 16.4 Å². The number of nitrogens with zero attached hydrogens (tertiary/aromatic N) is 1. The number of benzene rings is 1. The van der Waals surface area contributed by atoms with E-state index in [1.807, 2.05) is 4.90 Å². The van der Waals surface area contributed by atoms with Crippen molar-refractivity contribution in [2.75, 3.05) is 24.6 Å². The Labute approximate surface area is 99.0 Å². The topological polar surface area (TPSA) is 37.4 Å². The van der Waals surface area contributed by atoms with E-state index in [2.05, 4.69) is 0 Å². The molecule has 0 atom stereocenters. The maximum Gasteiger partial charge on any atom is 0.152 e. The molecule has 0 bridgehead atoms. The molecular formula is C11H13F2NO2S. The molecule has 1 aliphatic rings. The van der Waals surface area contributed by atoms with Crippen LogP contribution < -0.4 is 0 Å². The molecule has 2 rings (SSSR count). The molecule has 0 N–H and O–H groups in total.